The monoisotopic (exact) mass is 475 g/mol. The first-order chi connectivity index (χ1) is 15.5. The van der Waals surface area contributed by atoms with E-state index in [1.807, 2.05) is 0 Å². The Bertz CT molecular complexity index is 732. The van der Waals surface area contributed by atoms with Gasteiger partial charge < -0.3 is 47.0 Å². The highest BCUT2D eigenvalue weighted by Crippen LogP contribution is 2.20. The van der Waals surface area contributed by atoms with E-state index >= 15 is 0 Å². The molecule has 0 aromatic heterocycles. The lowest BCUT2D eigenvalue weighted by Crippen LogP contribution is -2.60. The molecule has 14 heteroatoms. The number of hydrogen-bond donors (Lipinski definition) is 8. The van der Waals surface area contributed by atoms with E-state index in [2.05, 4.69) is 16.0 Å². The van der Waals surface area contributed by atoms with Crippen LogP contribution in [0.15, 0.2) is 0 Å². The molecule has 33 heavy (non-hydrogen) atoms. The SMILES string of the molecule is CC(C)[C@H](NC(=O)[C@H](CO)NC(=O)[C@H](CO)NC(=O)[C@@H](N)CO)C(=O)N1CCC[C@H]1C(=O)O. The molecule has 9 N–H and O–H groups in total. The number of nitrogens with zero attached hydrogens (tertiary/aromatic N) is 1. The van der Waals surface area contributed by atoms with Crippen molar-refractivity contribution >= 4 is 29.6 Å². The zero-order chi connectivity index (χ0) is 25.3. The fourth-order valence-corrected chi connectivity index (χ4v) is 3.26. The highest BCUT2D eigenvalue weighted by Gasteiger charge is 2.39. The van der Waals surface area contributed by atoms with Crippen LogP contribution in [0.3, 0.4) is 0 Å². The maximum absolute atomic E-state index is 12.9. The van der Waals surface area contributed by atoms with Crippen molar-refractivity contribution in [1.29, 1.82) is 0 Å². The molecule has 1 aliphatic heterocycles. The molecule has 14 nitrogen and oxygen atoms in total. The first-order valence-electron chi connectivity index (χ1n) is 10.5. The molecule has 0 aromatic carbocycles. The molecule has 0 saturated carbocycles. The van der Waals surface area contributed by atoms with Gasteiger partial charge in [-0.25, -0.2) is 4.79 Å². The Labute approximate surface area is 190 Å². The van der Waals surface area contributed by atoms with E-state index in [1.54, 1.807) is 13.8 Å². The van der Waals surface area contributed by atoms with Gasteiger partial charge in [0.15, 0.2) is 0 Å². The highest BCUT2D eigenvalue weighted by atomic mass is 16.4. The van der Waals surface area contributed by atoms with Crippen LogP contribution >= 0.6 is 0 Å². The predicted octanol–water partition coefficient (Wildman–Crippen LogP) is -4.52. The van der Waals surface area contributed by atoms with Crippen molar-refractivity contribution in [3.63, 3.8) is 0 Å². The van der Waals surface area contributed by atoms with Crippen molar-refractivity contribution in [2.75, 3.05) is 26.4 Å². The van der Waals surface area contributed by atoms with Crippen LogP contribution in [0.4, 0.5) is 0 Å². The lowest BCUT2D eigenvalue weighted by molar-refractivity contribution is -0.150. The molecule has 4 amide bonds. The second-order valence-electron chi connectivity index (χ2n) is 8.03. The average Bonchev–Trinajstić information content (AvgIpc) is 3.27. The van der Waals surface area contributed by atoms with E-state index in [0.29, 0.717) is 12.8 Å². The molecule has 1 fully saturated rings. The molecule has 5 atom stereocenters. The molecule has 0 aromatic rings. The number of carboxylic acids is 1. The van der Waals surface area contributed by atoms with Crippen LogP contribution in [0, 0.1) is 5.92 Å². The zero-order valence-electron chi connectivity index (χ0n) is 18.6. The Kier molecular flexibility index (Phi) is 11.1. The molecule has 0 radical (unpaired) electrons. The number of aliphatic carboxylic acids is 1. The minimum atomic E-state index is -1.53. The Balaban J connectivity index is 2.87. The number of nitrogens with one attached hydrogen (secondary N) is 3. The van der Waals surface area contributed by atoms with E-state index in [-0.39, 0.29) is 6.54 Å². The first kappa shape index (κ1) is 28.2. The summed E-state index contributed by atoms with van der Waals surface area (Å²) in [6.45, 7) is 1.10. The van der Waals surface area contributed by atoms with Crippen LogP contribution in [-0.2, 0) is 24.0 Å². The summed E-state index contributed by atoms with van der Waals surface area (Å²) in [6, 6.07) is -6.48. The molecule has 0 spiro atoms. The summed E-state index contributed by atoms with van der Waals surface area (Å²) in [4.78, 5) is 62.3. The number of likely N-dealkylation sites (tertiary alicyclic amines) is 1. The Hall–Kier alpha value is -2.81. The number of hydrogen-bond acceptors (Lipinski definition) is 9. The smallest absolute Gasteiger partial charge is 0.326 e. The largest absolute Gasteiger partial charge is 0.480 e. The van der Waals surface area contributed by atoms with Crippen LogP contribution in [0.2, 0.25) is 0 Å². The van der Waals surface area contributed by atoms with Crippen molar-refractivity contribution in [3.8, 4) is 0 Å². The molecular formula is C19H33N5O9. The number of nitrogens with two attached hydrogens (primary N) is 1. The summed E-state index contributed by atoms with van der Waals surface area (Å²) in [7, 11) is 0. The van der Waals surface area contributed by atoms with E-state index in [0.717, 1.165) is 0 Å². The topological polar surface area (TPSA) is 232 Å². The number of carbonyl (C=O) groups excluding carboxylic acids is 4. The molecule has 1 saturated heterocycles. The Morgan fingerprint density at radius 2 is 1.42 bits per heavy atom. The zero-order valence-corrected chi connectivity index (χ0v) is 18.6. The third-order valence-corrected chi connectivity index (χ3v) is 5.22. The van der Waals surface area contributed by atoms with Gasteiger partial charge in [0.2, 0.25) is 23.6 Å². The van der Waals surface area contributed by atoms with Crippen LogP contribution in [0.5, 0.6) is 0 Å². The first-order valence-corrected chi connectivity index (χ1v) is 10.5. The van der Waals surface area contributed by atoms with Crippen LogP contribution in [0.25, 0.3) is 0 Å². The molecule has 0 bridgehead atoms. The number of amides is 4. The maximum Gasteiger partial charge on any atom is 0.326 e. The summed E-state index contributed by atoms with van der Waals surface area (Å²) >= 11 is 0. The van der Waals surface area contributed by atoms with Gasteiger partial charge in [-0.1, -0.05) is 13.8 Å². The number of aliphatic hydroxyl groups is 3. The van der Waals surface area contributed by atoms with Crippen molar-refractivity contribution in [2.45, 2.75) is 56.9 Å². The van der Waals surface area contributed by atoms with Crippen molar-refractivity contribution in [3.05, 3.63) is 0 Å². The summed E-state index contributed by atoms with van der Waals surface area (Å²) < 4.78 is 0. The predicted molar refractivity (Wildman–Crippen MR) is 112 cm³/mol. The molecule has 1 aliphatic rings. The van der Waals surface area contributed by atoms with Gasteiger partial charge in [-0.05, 0) is 18.8 Å². The van der Waals surface area contributed by atoms with Crippen molar-refractivity contribution in [2.24, 2.45) is 11.7 Å². The van der Waals surface area contributed by atoms with Crippen LogP contribution in [-0.4, -0.2) is 111 Å². The van der Waals surface area contributed by atoms with Gasteiger partial charge in [-0.3, -0.25) is 19.2 Å². The van der Waals surface area contributed by atoms with E-state index in [9.17, 15) is 39.3 Å². The number of carboxylic acid groups (broad SMARTS) is 1. The summed E-state index contributed by atoms with van der Waals surface area (Å²) in [6.07, 6.45) is 0.800. The normalized spacial score (nSPS) is 19.4. The van der Waals surface area contributed by atoms with E-state index in [4.69, 9.17) is 10.8 Å². The third kappa shape index (κ3) is 7.63. The molecule has 1 rings (SSSR count). The third-order valence-electron chi connectivity index (χ3n) is 5.22. The van der Waals surface area contributed by atoms with Gasteiger partial charge in [-0.2, -0.15) is 0 Å². The van der Waals surface area contributed by atoms with Crippen molar-refractivity contribution < 1.29 is 44.4 Å². The minimum Gasteiger partial charge on any atom is -0.480 e. The van der Waals surface area contributed by atoms with Crippen molar-refractivity contribution in [1.82, 2.24) is 20.9 Å². The average molecular weight is 475 g/mol. The number of aliphatic hydroxyl groups excluding tert-OH is 3. The highest BCUT2D eigenvalue weighted by molar-refractivity contribution is 5.95. The molecular weight excluding hydrogens is 442 g/mol. The molecule has 188 valence electrons. The van der Waals surface area contributed by atoms with Gasteiger partial charge in [0.05, 0.1) is 19.8 Å². The maximum atomic E-state index is 12.9. The fraction of sp³-hybridized carbons (Fsp3) is 0.737. The second-order valence-corrected chi connectivity index (χ2v) is 8.03. The van der Waals surface area contributed by atoms with Gasteiger partial charge in [-0.15, -0.1) is 0 Å². The van der Waals surface area contributed by atoms with Crippen LogP contribution in [0.1, 0.15) is 26.7 Å². The van der Waals surface area contributed by atoms with Gasteiger partial charge in [0, 0.05) is 6.54 Å². The quantitative estimate of drug-likeness (QED) is 0.135. The minimum absolute atomic E-state index is 0.225. The Morgan fingerprint density at radius 1 is 0.909 bits per heavy atom. The molecule has 0 unspecified atom stereocenters. The lowest BCUT2D eigenvalue weighted by atomic mass is 10.0. The van der Waals surface area contributed by atoms with E-state index < -0.39 is 85.5 Å². The standard InChI is InChI=1S/C19H33N5O9/c1-9(2)14(18(31)24-5-3-4-13(24)19(32)33)23-17(30)12(8-27)22-16(29)11(7-26)21-15(28)10(20)6-25/h9-14,25-27H,3-8,20H2,1-2H3,(H,21,28)(H,22,29)(H,23,30)(H,32,33)/t10-,11-,12-,13-,14-/m0/s1. The molecule has 1 heterocycles. The van der Waals surface area contributed by atoms with Gasteiger partial charge >= 0.3 is 5.97 Å². The number of rotatable bonds is 12. The number of carbonyl (C=O) groups is 5. The van der Waals surface area contributed by atoms with E-state index in [1.165, 1.54) is 4.90 Å². The fourth-order valence-electron chi connectivity index (χ4n) is 3.26. The van der Waals surface area contributed by atoms with Gasteiger partial charge in [0.1, 0.15) is 30.2 Å². The summed E-state index contributed by atoms with van der Waals surface area (Å²) in [5.74, 6) is -5.02. The lowest BCUT2D eigenvalue weighted by Gasteiger charge is -2.30. The second kappa shape index (κ2) is 13.0. The summed E-state index contributed by atoms with van der Waals surface area (Å²) in [5, 5.41) is 43.8. The van der Waals surface area contributed by atoms with Gasteiger partial charge in [0.25, 0.3) is 0 Å². The summed E-state index contributed by atoms with van der Waals surface area (Å²) in [5.41, 5.74) is 5.33. The molecule has 0 aliphatic carbocycles. The Morgan fingerprint density at radius 3 is 1.88 bits per heavy atom. The van der Waals surface area contributed by atoms with Crippen LogP contribution < -0.4 is 21.7 Å².